The third-order valence-electron chi connectivity index (χ3n) is 6.11. The van der Waals surface area contributed by atoms with E-state index in [0.717, 1.165) is 0 Å². The van der Waals surface area contributed by atoms with Gasteiger partial charge in [-0.25, -0.2) is 0 Å². The van der Waals surface area contributed by atoms with Crippen molar-refractivity contribution >= 4 is 21.8 Å². The summed E-state index contributed by atoms with van der Waals surface area (Å²) in [6, 6.07) is 18.5. The van der Waals surface area contributed by atoms with Crippen LogP contribution in [0.15, 0.2) is 48.5 Å². The first-order valence-electron chi connectivity index (χ1n) is 9.03. The number of benzene rings is 3. The molecule has 0 atom stereocenters. The number of hydrogen-bond acceptors (Lipinski definition) is 0. The zero-order valence-corrected chi connectivity index (χ0v) is 15.6. The third-order valence-corrected chi connectivity index (χ3v) is 6.11. The lowest BCUT2D eigenvalue weighted by Crippen LogP contribution is -2.15. The first kappa shape index (κ1) is 14.8. The van der Waals surface area contributed by atoms with Crippen molar-refractivity contribution in [3.05, 3.63) is 70.8 Å². The first-order chi connectivity index (χ1) is 11.9. The SMILES string of the molecule is Cc1ccc2c(c1)C(C)(C)c1cc3c(cc1-2)c1cc(C)ccc1n3C. The summed E-state index contributed by atoms with van der Waals surface area (Å²) >= 11 is 0. The average molecular weight is 325 g/mol. The fraction of sp³-hybridized carbons (Fsp3) is 0.250. The molecule has 4 aromatic rings. The molecule has 1 heteroatoms. The molecular formula is C24H23N. The molecule has 1 aliphatic carbocycles. The van der Waals surface area contributed by atoms with Crippen molar-refractivity contribution in [2.45, 2.75) is 33.1 Å². The third kappa shape index (κ3) is 1.79. The molecule has 0 N–H and O–H groups in total. The summed E-state index contributed by atoms with van der Waals surface area (Å²) in [5, 5.41) is 2.72. The van der Waals surface area contributed by atoms with Crippen LogP contribution in [0, 0.1) is 13.8 Å². The van der Waals surface area contributed by atoms with E-state index < -0.39 is 0 Å². The molecule has 0 bridgehead atoms. The summed E-state index contributed by atoms with van der Waals surface area (Å²) in [4.78, 5) is 0. The van der Waals surface area contributed by atoms with E-state index in [-0.39, 0.29) is 5.41 Å². The average Bonchev–Trinajstić information content (AvgIpc) is 2.96. The number of aromatic nitrogens is 1. The molecule has 1 heterocycles. The molecule has 0 radical (unpaired) electrons. The van der Waals surface area contributed by atoms with E-state index in [0.29, 0.717) is 0 Å². The highest BCUT2D eigenvalue weighted by Gasteiger charge is 2.36. The Morgan fingerprint density at radius 1 is 0.680 bits per heavy atom. The molecule has 3 aromatic carbocycles. The van der Waals surface area contributed by atoms with E-state index in [9.17, 15) is 0 Å². The van der Waals surface area contributed by atoms with Crippen LogP contribution < -0.4 is 0 Å². The van der Waals surface area contributed by atoms with Crippen LogP contribution in [0.1, 0.15) is 36.1 Å². The number of rotatable bonds is 0. The van der Waals surface area contributed by atoms with Crippen molar-refractivity contribution < 1.29 is 0 Å². The van der Waals surface area contributed by atoms with E-state index in [1.807, 2.05) is 0 Å². The quantitative estimate of drug-likeness (QED) is 0.360. The van der Waals surface area contributed by atoms with Gasteiger partial charge in [0.15, 0.2) is 0 Å². The summed E-state index contributed by atoms with van der Waals surface area (Å²) in [6.45, 7) is 9.07. The predicted molar refractivity (Wildman–Crippen MR) is 107 cm³/mol. The zero-order valence-electron chi connectivity index (χ0n) is 15.6. The van der Waals surface area contributed by atoms with Crippen LogP contribution in [0.25, 0.3) is 32.9 Å². The lowest BCUT2D eigenvalue weighted by atomic mass is 9.82. The lowest BCUT2D eigenvalue weighted by molar-refractivity contribution is 0.660. The fourth-order valence-corrected chi connectivity index (χ4v) is 4.66. The topological polar surface area (TPSA) is 4.93 Å². The zero-order chi connectivity index (χ0) is 17.5. The van der Waals surface area contributed by atoms with E-state index in [1.165, 1.54) is 55.2 Å². The van der Waals surface area contributed by atoms with E-state index in [4.69, 9.17) is 0 Å². The Morgan fingerprint density at radius 3 is 2.12 bits per heavy atom. The number of hydrogen-bond donors (Lipinski definition) is 0. The fourth-order valence-electron chi connectivity index (χ4n) is 4.66. The maximum atomic E-state index is 2.43. The van der Waals surface area contributed by atoms with Crippen molar-refractivity contribution in [3.8, 4) is 11.1 Å². The number of nitrogens with zero attached hydrogens (tertiary/aromatic N) is 1. The molecule has 0 unspecified atom stereocenters. The second kappa shape index (κ2) is 4.54. The lowest BCUT2D eigenvalue weighted by Gasteiger charge is -2.22. The van der Waals surface area contributed by atoms with Gasteiger partial charge in [-0.2, -0.15) is 0 Å². The van der Waals surface area contributed by atoms with Gasteiger partial charge >= 0.3 is 0 Å². The molecule has 25 heavy (non-hydrogen) atoms. The molecule has 124 valence electrons. The molecule has 0 aliphatic heterocycles. The smallest absolute Gasteiger partial charge is 0.0492 e. The minimum absolute atomic E-state index is 0.0528. The summed E-state index contributed by atoms with van der Waals surface area (Å²) in [5.74, 6) is 0. The molecule has 1 nitrogen and oxygen atoms in total. The van der Waals surface area contributed by atoms with E-state index in [2.05, 4.69) is 87.8 Å². The van der Waals surface area contributed by atoms with Crippen LogP contribution in [-0.4, -0.2) is 4.57 Å². The molecule has 1 aromatic heterocycles. The van der Waals surface area contributed by atoms with Gasteiger partial charge in [0.1, 0.15) is 0 Å². The summed E-state index contributed by atoms with van der Waals surface area (Å²) in [5.41, 5.74) is 11.1. The minimum Gasteiger partial charge on any atom is -0.344 e. The van der Waals surface area contributed by atoms with Crippen LogP contribution in [0.4, 0.5) is 0 Å². The second-order valence-electron chi connectivity index (χ2n) is 8.17. The maximum absolute atomic E-state index is 2.43. The highest BCUT2D eigenvalue weighted by atomic mass is 14.9. The monoisotopic (exact) mass is 325 g/mol. The molecule has 0 saturated heterocycles. The van der Waals surface area contributed by atoms with Crippen LogP contribution in [0.2, 0.25) is 0 Å². The van der Waals surface area contributed by atoms with Gasteiger partial charge in [0.05, 0.1) is 0 Å². The van der Waals surface area contributed by atoms with Gasteiger partial charge in [0, 0.05) is 34.3 Å². The van der Waals surface area contributed by atoms with E-state index >= 15 is 0 Å². The molecular weight excluding hydrogens is 302 g/mol. The van der Waals surface area contributed by atoms with Crippen LogP contribution in [-0.2, 0) is 12.5 Å². The Labute approximate surface area is 148 Å². The second-order valence-corrected chi connectivity index (χ2v) is 8.17. The number of fused-ring (bicyclic) bond motifs is 6. The Hall–Kier alpha value is -2.54. The summed E-state index contributed by atoms with van der Waals surface area (Å²) in [7, 11) is 2.19. The largest absolute Gasteiger partial charge is 0.344 e. The molecule has 1 aliphatic rings. The van der Waals surface area contributed by atoms with Crippen molar-refractivity contribution in [1.29, 1.82) is 0 Å². The minimum atomic E-state index is 0.0528. The van der Waals surface area contributed by atoms with Crippen molar-refractivity contribution in [3.63, 3.8) is 0 Å². The standard InChI is InChI=1S/C24H23N/c1-14-7-9-22-18(10-14)19-12-17-16-8-6-15(2)11-20(16)24(3,4)21(17)13-23(19)25(22)5/h6-13H,1-5H3. The Bertz CT molecular complexity index is 1190. The van der Waals surface area contributed by atoms with Gasteiger partial charge in [-0.3, -0.25) is 0 Å². The number of aryl methyl sites for hydroxylation is 3. The van der Waals surface area contributed by atoms with Crippen molar-refractivity contribution in [2.24, 2.45) is 7.05 Å². The molecule has 0 spiro atoms. The molecule has 5 rings (SSSR count). The Kier molecular flexibility index (Phi) is 2.69. The normalized spacial score (nSPS) is 14.9. The van der Waals surface area contributed by atoms with Gasteiger partial charge in [0.2, 0.25) is 0 Å². The van der Waals surface area contributed by atoms with Crippen LogP contribution in [0.3, 0.4) is 0 Å². The van der Waals surface area contributed by atoms with Gasteiger partial charge in [-0.15, -0.1) is 0 Å². The van der Waals surface area contributed by atoms with Crippen molar-refractivity contribution in [1.82, 2.24) is 4.57 Å². The highest BCUT2D eigenvalue weighted by Crippen LogP contribution is 2.50. The molecule has 0 saturated carbocycles. The van der Waals surface area contributed by atoms with Crippen LogP contribution in [0.5, 0.6) is 0 Å². The molecule has 0 fully saturated rings. The summed E-state index contributed by atoms with van der Waals surface area (Å²) < 4.78 is 2.34. The van der Waals surface area contributed by atoms with E-state index in [1.54, 1.807) is 0 Å². The maximum Gasteiger partial charge on any atom is 0.0492 e. The van der Waals surface area contributed by atoms with Crippen molar-refractivity contribution in [2.75, 3.05) is 0 Å². The highest BCUT2D eigenvalue weighted by molar-refractivity contribution is 6.10. The predicted octanol–water partition coefficient (Wildman–Crippen LogP) is 6.25. The van der Waals surface area contributed by atoms with Crippen LogP contribution >= 0.6 is 0 Å². The summed E-state index contributed by atoms with van der Waals surface area (Å²) in [6.07, 6.45) is 0. The Balaban J connectivity index is 1.95. The van der Waals surface area contributed by atoms with Gasteiger partial charge in [-0.1, -0.05) is 49.2 Å². The van der Waals surface area contributed by atoms with Gasteiger partial charge in [-0.05, 0) is 60.4 Å². The first-order valence-corrected chi connectivity index (χ1v) is 9.03. The van der Waals surface area contributed by atoms with Gasteiger partial charge in [0.25, 0.3) is 0 Å². The molecule has 0 amide bonds. The van der Waals surface area contributed by atoms with Gasteiger partial charge < -0.3 is 4.57 Å². The Morgan fingerprint density at radius 2 is 1.32 bits per heavy atom.